The summed E-state index contributed by atoms with van der Waals surface area (Å²) >= 11 is 1.66. The minimum atomic E-state index is -0.629. The smallest absolute Gasteiger partial charge is 0.191 e. The number of guanidine groups is 1. The van der Waals surface area contributed by atoms with E-state index in [9.17, 15) is 5.11 Å². The van der Waals surface area contributed by atoms with Crippen LogP contribution in [0.1, 0.15) is 23.2 Å². The van der Waals surface area contributed by atoms with E-state index in [1.807, 2.05) is 44.2 Å². The summed E-state index contributed by atoms with van der Waals surface area (Å²) in [4.78, 5) is 8.87. The number of aliphatic hydroxyl groups is 1. The molecule has 0 radical (unpaired) electrons. The van der Waals surface area contributed by atoms with Gasteiger partial charge in [-0.2, -0.15) is 0 Å². The Hall–Kier alpha value is -1.96. The van der Waals surface area contributed by atoms with Gasteiger partial charge in [-0.1, -0.05) is 30.3 Å². The first-order valence-corrected chi connectivity index (χ1v) is 9.78. The Balaban J connectivity index is 1.68. The molecule has 0 saturated heterocycles. The Labute approximate surface area is 159 Å². The lowest BCUT2D eigenvalue weighted by Gasteiger charge is -2.13. The normalized spacial score (nSPS) is 12.8. The Morgan fingerprint density at radius 2 is 2.12 bits per heavy atom. The highest BCUT2D eigenvalue weighted by Gasteiger charge is 2.06. The van der Waals surface area contributed by atoms with Gasteiger partial charge in [0.1, 0.15) is 0 Å². The molecule has 1 unspecified atom stereocenters. The molecule has 7 heteroatoms. The van der Waals surface area contributed by atoms with Crippen molar-refractivity contribution in [3.05, 3.63) is 52.0 Å². The molecule has 26 heavy (non-hydrogen) atoms. The molecule has 0 fully saturated rings. The summed E-state index contributed by atoms with van der Waals surface area (Å²) in [6.07, 6.45) is 0.215. The Morgan fingerprint density at radius 3 is 2.81 bits per heavy atom. The predicted octanol–water partition coefficient (Wildman–Crippen LogP) is 2.13. The molecule has 1 aromatic carbocycles. The number of aliphatic hydroxyl groups excluding tert-OH is 1. The maximum Gasteiger partial charge on any atom is 0.191 e. The van der Waals surface area contributed by atoms with E-state index in [2.05, 4.69) is 26.0 Å². The van der Waals surface area contributed by atoms with Crippen LogP contribution >= 0.6 is 11.3 Å². The van der Waals surface area contributed by atoms with E-state index >= 15 is 0 Å². The van der Waals surface area contributed by atoms with Crippen LogP contribution in [-0.4, -0.2) is 48.4 Å². The lowest BCUT2D eigenvalue weighted by Crippen LogP contribution is -2.39. The van der Waals surface area contributed by atoms with Crippen molar-refractivity contribution >= 4 is 17.3 Å². The van der Waals surface area contributed by atoms with Crippen LogP contribution in [0, 0.1) is 6.92 Å². The summed E-state index contributed by atoms with van der Waals surface area (Å²) in [5.74, 6) is 0.696. The van der Waals surface area contributed by atoms with Gasteiger partial charge in [-0.3, -0.25) is 4.99 Å². The molecule has 6 nitrogen and oxygen atoms in total. The number of benzene rings is 1. The molecule has 0 bridgehead atoms. The van der Waals surface area contributed by atoms with Crippen molar-refractivity contribution in [2.75, 3.05) is 26.2 Å². The number of nitrogens with one attached hydrogen (secondary N) is 2. The summed E-state index contributed by atoms with van der Waals surface area (Å²) in [5.41, 5.74) is 2.18. The zero-order valence-corrected chi connectivity index (χ0v) is 16.3. The quantitative estimate of drug-likeness (QED) is 0.437. The molecular weight excluding hydrogens is 348 g/mol. The van der Waals surface area contributed by atoms with Crippen molar-refractivity contribution in [3.8, 4) is 0 Å². The van der Waals surface area contributed by atoms with Gasteiger partial charge in [-0.15, -0.1) is 11.3 Å². The predicted molar refractivity (Wildman–Crippen MR) is 107 cm³/mol. The van der Waals surface area contributed by atoms with Crippen LogP contribution in [-0.2, 0) is 17.8 Å². The van der Waals surface area contributed by atoms with Gasteiger partial charge in [0.25, 0.3) is 0 Å². The van der Waals surface area contributed by atoms with E-state index in [0.29, 0.717) is 19.1 Å². The van der Waals surface area contributed by atoms with Gasteiger partial charge in [-0.25, -0.2) is 4.98 Å². The second-order valence-corrected chi connectivity index (χ2v) is 6.97. The van der Waals surface area contributed by atoms with Crippen molar-refractivity contribution < 1.29 is 9.84 Å². The lowest BCUT2D eigenvalue weighted by atomic mass is 10.2. The number of rotatable bonds is 10. The lowest BCUT2D eigenvalue weighted by molar-refractivity contribution is 0.0331. The van der Waals surface area contributed by atoms with Crippen LogP contribution in [0.3, 0.4) is 0 Å². The summed E-state index contributed by atoms with van der Waals surface area (Å²) in [7, 11) is 0. The second-order valence-electron chi connectivity index (χ2n) is 5.91. The average molecular weight is 377 g/mol. The molecule has 142 valence electrons. The molecule has 0 saturated carbocycles. The first-order valence-electron chi connectivity index (χ1n) is 8.90. The number of aliphatic imine (C=N–C) groups is 1. The fourth-order valence-corrected chi connectivity index (χ4v) is 2.96. The zero-order valence-electron chi connectivity index (χ0n) is 15.4. The molecule has 0 aliphatic rings. The van der Waals surface area contributed by atoms with Gasteiger partial charge >= 0.3 is 0 Å². The number of ether oxygens (including phenoxy) is 1. The number of hydrogen-bond donors (Lipinski definition) is 3. The maximum absolute atomic E-state index is 10.1. The molecule has 0 aliphatic heterocycles. The third-order valence-electron chi connectivity index (χ3n) is 3.57. The molecule has 2 rings (SSSR count). The van der Waals surface area contributed by atoms with E-state index in [-0.39, 0.29) is 6.61 Å². The van der Waals surface area contributed by atoms with E-state index in [4.69, 9.17) is 4.74 Å². The summed E-state index contributed by atoms with van der Waals surface area (Å²) < 4.78 is 5.55. The fourth-order valence-electron chi connectivity index (χ4n) is 2.31. The molecule has 2 aromatic rings. The van der Waals surface area contributed by atoms with Crippen molar-refractivity contribution in [2.45, 2.75) is 33.0 Å². The van der Waals surface area contributed by atoms with Crippen molar-refractivity contribution in [1.82, 2.24) is 15.6 Å². The fraction of sp³-hybridized carbons (Fsp3) is 0.474. The summed E-state index contributed by atoms with van der Waals surface area (Å²) in [6.45, 7) is 6.58. The molecule has 1 atom stereocenters. The largest absolute Gasteiger partial charge is 0.389 e. The molecule has 0 aliphatic carbocycles. The first kappa shape index (κ1) is 20.4. The van der Waals surface area contributed by atoms with Gasteiger partial charge in [0.2, 0.25) is 0 Å². The number of hydrogen-bond acceptors (Lipinski definition) is 5. The monoisotopic (exact) mass is 376 g/mol. The topological polar surface area (TPSA) is 78.8 Å². The van der Waals surface area contributed by atoms with Gasteiger partial charge in [0, 0.05) is 24.9 Å². The van der Waals surface area contributed by atoms with Crippen LogP contribution in [0.25, 0.3) is 0 Å². The van der Waals surface area contributed by atoms with E-state index < -0.39 is 6.10 Å². The van der Waals surface area contributed by atoms with Crippen LogP contribution in [0.4, 0.5) is 0 Å². The molecule has 0 amide bonds. The Bertz CT molecular complexity index is 661. The number of aryl methyl sites for hydroxylation is 1. The highest BCUT2D eigenvalue weighted by molar-refractivity contribution is 7.09. The van der Waals surface area contributed by atoms with E-state index in [1.165, 1.54) is 0 Å². The summed E-state index contributed by atoms with van der Waals surface area (Å²) in [6, 6.07) is 9.92. The van der Waals surface area contributed by atoms with Gasteiger partial charge in [-0.05, 0) is 19.4 Å². The minimum absolute atomic E-state index is 0.260. The van der Waals surface area contributed by atoms with Crippen molar-refractivity contribution in [2.24, 2.45) is 4.99 Å². The van der Waals surface area contributed by atoms with Crippen LogP contribution in [0.15, 0.2) is 40.7 Å². The molecule has 1 aromatic heterocycles. The third-order valence-corrected chi connectivity index (χ3v) is 4.39. The zero-order chi connectivity index (χ0) is 18.6. The first-order chi connectivity index (χ1) is 12.7. The number of thiazole rings is 1. The number of nitrogens with zero attached hydrogens (tertiary/aromatic N) is 2. The maximum atomic E-state index is 10.1. The highest BCUT2D eigenvalue weighted by Crippen LogP contribution is 2.07. The van der Waals surface area contributed by atoms with Crippen molar-refractivity contribution in [1.29, 1.82) is 0 Å². The SMILES string of the molecule is CCNC(=NCC(O)COCc1ccccc1)NCCc1csc(C)n1. The van der Waals surface area contributed by atoms with Crippen LogP contribution in [0.5, 0.6) is 0 Å². The second kappa shape index (κ2) is 11.6. The molecule has 1 heterocycles. The highest BCUT2D eigenvalue weighted by atomic mass is 32.1. The number of aromatic nitrogens is 1. The van der Waals surface area contributed by atoms with Crippen LogP contribution in [0.2, 0.25) is 0 Å². The van der Waals surface area contributed by atoms with E-state index in [0.717, 1.165) is 35.8 Å². The van der Waals surface area contributed by atoms with E-state index in [1.54, 1.807) is 11.3 Å². The van der Waals surface area contributed by atoms with Crippen molar-refractivity contribution in [3.63, 3.8) is 0 Å². The average Bonchev–Trinajstić information content (AvgIpc) is 3.06. The Kier molecular flexibility index (Phi) is 9.09. The third kappa shape index (κ3) is 7.95. The summed E-state index contributed by atoms with van der Waals surface area (Å²) in [5, 5.41) is 19.7. The molecular formula is C19H28N4O2S. The van der Waals surface area contributed by atoms with Gasteiger partial charge in [0.15, 0.2) is 5.96 Å². The standard InChI is InChI=1S/C19H28N4O2S/c1-3-20-19(21-10-9-17-14-26-15(2)23-17)22-11-18(24)13-25-12-16-7-5-4-6-8-16/h4-8,14,18,24H,3,9-13H2,1-2H3,(H2,20,21,22). The van der Waals surface area contributed by atoms with Gasteiger partial charge < -0.3 is 20.5 Å². The van der Waals surface area contributed by atoms with Crippen LogP contribution < -0.4 is 10.6 Å². The Morgan fingerprint density at radius 1 is 1.31 bits per heavy atom. The minimum Gasteiger partial charge on any atom is -0.389 e. The van der Waals surface area contributed by atoms with Gasteiger partial charge in [0.05, 0.1) is 36.6 Å². The molecule has 0 spiro atoms. The molecule has 3 N–H and O–H groups in total.